The van der Waals surface area contributed by atoms with E-state index in [-0.39, 0.29) is 32.4 Å². The minimum Gasteiger partial charge on any atom is -0.384 e. The lowest BCUT2D eigenvalue weighted by molar-refractivity contribution is -0.123. The molecule has 0 atom stereocenters. The summed E-state index contributed by atoms with van der Waals surface area (Å²) in [6, 6.07) is 0.230. The van der Waals surface area contributed by atoms with Crippen LogP contribution in [0.1, 0.15) is 68.1 Å². The summed E-state index contributed by atoms with van der Waals surface area (Å²) < 4.78 is 4.89. The Labute approximate surface area is 154 Å². The molecule has 6 heteroatoms. The number of ketones is 1. The second-order valence-electron chi connectivity index (χ2n) is 7.31. The molecule has 0 aromatic rings. The van der Waals surface area contributed by atoms with E-state index in [1.807, 2.05) is 13.8 Å². The molecule has 0 bridgehead atoms. The summed E-state index contributed by atoms with van der Waals surface area (Å²) in [6.07, 6.45) is 5.88. The lowest BCUT2D eigenvalue weighted by Gasteiger charge is -2.29. The Kier molecular flexibility index (Phi) is 10.4. The van der Waals surface area contributed by atoms with Gasteiger partial charge in [0.2, 0.25) is 11.8 Å². The molecule has 1 rings (SSSR count). The van der Waals surface area contributed by atoms with Gasteiger partial charge in [0.25, 0.3) is 0 Å². The van der Waals surface area contributed by atoms with E-state index in [1.165, 1.54) is 0 Å². The molecule has 1 aliphatic rings. The predicted molar refractivity (Wildman–Crippen MR) is 101 cm³/mol. The molecule has 148 valence electrons. The molecule has 0 radical (unpaired) electrons. The van der Waals surface area contributed by atoms with Gasteiger partial charge in [-0.2, -0.15) is 0 Å². The van der Waals surface area contributed by atoms with Gasteiger partial charge in [0.1, 0.15) is 5.78 Å². The maximum absolute atomic E-state index is 12.0. The molecule has 0 unspecified atom stereocenters. The second-order valence-corrected chi connectivity index (χ2v) is 7.31. The highest BCUT2D eigenvalue weighted by molar-refractivity contribution is 5.81. The average molecular weight is 359 g/mol. The Balaban J connectivity index is 0. The van der Waals surface area contributed by atoms with Crippen LogP contribution >= 0.6 is 0 Å². The molecule has 0 saturated heterocycles. The van der Waals surface area contributed by atoms with Crippen molar-refractivity contribution in [1.82, 2.24) is 10.6 Å². The number of Topliss-reactive ketones (excluding diaryl/α,β-unsaturated/α-hetero) is 1. The smallest absolute Gasteiger partial charge is 0.222 e. The van der Waals surface area contributed by atoms with Crippen molar-refractivity contribution in [2.45, 2.75) is 71.3 Å². The molecule has 25 heavy (non-hydrogen) atoms. The number of hydrogen-bond acceptors (Lipinski definition) is 4. The quantitative estimate of drug-likeness (QED) is 0.595. The Morgan fingerprint density at radius 1 is 1.04 bits per heavy atom. The van der Waals surface area contributed by atoms with Crippen LogP contribution in [-0.4, -0.2) is 43.9 Å². The summed E-state index contributed by atoms with van der Waals surface area (Å²) in [6.45, 7) is 4.94. The van der Waals surface area contributed by atoms with Crippen LogP contribution in [0, 0.1) is 11.8 Å². The monoisotopic (exact) mass is 358 g/mol. The third-order valence-electron chi connectivity index (χ3n) is 4.80. The fourth-order valence-electron chi connectivity index (χ4n) is 3.06. The van der Waals surface area contributed by atoms with Gasteiger partial charge in [-0.25, -0.2) is 0 Å². The fraction of sp³-hybridized carbons (Fsp3) is 0.842. The third-order valence-corrected chi connectivity index (χ3v) is 4.80. The van der Waals surface area contributed by atoms with Crippen molar-refractivity contribution in [2.24, 2.45) is 11.8 Å². The Hall–Kier alpha value is -1.43. The minimum absolute atomic E-state index is 0. The van der Waals surface area contributed by atoms with Crippen LogP contribution in [0.5, 0.6) is 0 Å². The molecule has 2 amide bonds. The predicted octanol–water partition coefficient (Wildman–Crippen LogP) is 2.70. The van der Waals surface area contributed by atoms with Crippen molar-refractivity contribution in [2.75, 3.05) is 20.3 Å². The Morgan fingerprint density at radius 3 is 2.32 bits per heavy atom. The van der Waals surface area contributed by atoms with Crippen LogP contribution in [0.25, 0.3) is 0 Å². The Bertz CT molecular complexity index is 439. The average Bonchev–Trinajstić information content (AvgIpc) is 2.59. The molecule has 0 heterocycles. The van der Waals surface area contributed by atoms with Gasteiger partial charge in [-0.05, 0) is 38.0 Å². The van der Waals surface area contributed by atoms with E-state index in [0.717, 1.165) is 25.7 Å². The number of ether oxygens (including phenoxy) is 1. The molecule has 0 aromatic carbocycles. The van der Waals surface area contributed by atoms with E-state index in [2.05, 4.69) is 10.6 Å². The maximum atomic E-state index is 12.0. The van der Waals surface area contributed by atoms with Crippen molar-refractivity contribution < 1.29 is 22.0 Å². The van der Waals surface area contributed by atoms with Crippen LogP contribution in [0.4, 0.5) is 0 Å². The number of nitrogens with one attached hydrogen (secondary N) is 2. The molecule has 2 N–H and O–H groups in total. The van der Waals surface area contributed by atoms with Crippen molar-refractivity contribution in [3.63, 3.8) is 0 Å². The standard InChI is InChI=1S/C19H34N2O4.2H2/c1-14(2)17(22)5-4-6-19(24)21-16-9-7-15(8-10-16)13-20-18(23)11-12-25-3;;/h14-16H,4-13H2,1-3H3,(H,20,23)(H,21,24);2*1H. The van der Waals surface area contributed by atoms with Crippen LogP contribution in [-0.2, 0) is 19.1 Å². The summed E-state index contributed by atoms with van der Waals surface area (Å²) in [5.41, 5.74) is 0. The van der Waals surface area contributed by atoms with E-state index in [9.17, 15) is 14.4 Å². The number of carbonyl (C=O) groups excluding carboxylic acids is 3. The van der Waals surface area contributed by atoms with Crippen molar-refractivity contribution >= 4 is 17.6 Å². The highest BCUT2D eigenvalue weighted by Gasteiger charge is 2.22. The topological polar surface area (TPSA) is 84.5 Å². The van der Waals surface area contributed by atoms with E-state index in [4.69, 9.17) is 4.74 Å². The summed E-state index contributed by atoms with van der Waals surface area (Å²) in [4.78, 5) is 35.1. The zero-order valence-corrected chi connectivity index (χ0v) is 15.9. The molecule has 0 spiro atoms. The van der Waals surface area contributed by atoms with Crippen LogP contribution in [0.15, 0.2) is 0 Å². The first-order valence-electron chi connectivity index (χ1n) is 9.50. The van der Waals surface area contributed by atoms with E-state index < -0.39 is 0 Å². The first kappa shape index (κ1) is 21.6. The normalized spacial score (nSPS) is 20.3. The van der Waals surface area contributed by atoms with Gasteiger partial charge in [-0.3, -0.25) is 14.4 Å². The van der Waals surface area contributed by atoms with E-state index in [0.29, 0.717) is 44.8 Å². The van der Waals surface area contributed by atoms with Gasteiger partial charge in [0, 0.05) is 47.7 Å². The fourth-order valence-corrected chi connectivity index (χ4v) is 3.06. The summed E-state index contributed by atoms with van der Waals surface area (Å²) in [5, 5.41) is 6.03. The molecule has 6 nitrogen and oxygen atoms in total. The zero-order valence-electron chi connectivity index (χ0n) is 15.9. The molecular formula is C19H38N2O4. The molecule has 1 aliphatic carbocycles. The molecular weight excluding hydrogens is 320 g/mol. The van der Waals surface area contributed by atoms with Gasteiger partial charge in [0.05, 0.1) is 6.61 Å². The minimum atomic E-state index is 0. The summed E-state index contributed by atoms with van der Waals surface area (Å²) in [5.74, 6) is 0.846. The molecule has 1 saturated carbocycles. The Morgan fingerprint density at radius 2 is 1.72 bits per heavy atom. The first-order chi connectivity index (χ1) is 11.9. The van der Waals surface area contributed by atoms with Gasteiger partial charge in [-0.1, -0.05) is 13.8 Å². The van der Waals surface area contributed by atoms with Crippen molar-refractivity contribution in [1.29, 1.82) is 0 Å². The number of carbonyl (C=O) groups is 3. The van der Waals surface area contributed by atoms with Gasteiger partial charge >= 0.3 is 0 Å². The first-order valence-corrected chi connectivity index (χ1v) is 9.50. The van der Waals surface area contributed by atoms with Crippen molar-refractivity contribution in [3.8, 4) is 0 Å². The highest BCUT2D eigenvalue weighted by Crippen LogP contribution is 2.24. The lowest BCUT2D eigenvalue weighted by Crippen LogP contribution is -2.39. The molecule has 0 aromatic heterocycles. The molecule has 1 fully saturated rings. The van der Waals surface area contributed by atoms with Crippen LogP contribution in [0.3, 0.4) is 0 Å². The van der Waals surface area contributed by atoms with Gasteiger partial charge < -0.3 is 15.4 Å². The van der Waals surface area contributed by atoms with Crippen molar-refractivity contribution in [3.05, 3.63) is 0 Å². The van der Waals surface area contributed by atoms with Crippen LogP contribution < -0.4 is 10.6 Å². The maximum Gasteiger partial charge on any atom is 0.222 e. The number of hydrogen-bond donors (Lipinski definition) is 2. The number of amides is 2. The van der Waals surface area contributed by atoms with E-state index in [1.54, 1.807) is 7.11 Å². The largest absolute Gasteiger partial charge is 0.384 e. The SMILES string of the molecule is COCCC(=O)NCC1CCC(NC(=O)CCCC(=O)C(C)C)CC1.[HH].[HH]. The van der Waals surface area contributed by atoms with Gasteiger partial charge in [0.15, 0.2) is 0 Å². The third kappa shape index (κ3) is 9.58. The molecule has 0 aliphatic heterocycles. The highest BCUT2D eigenvalue weighted by atomic mass is 16.5. The zero-order chi connectivity index (χ0) is 18.7. The number of rotatable bonds is 11. The summed E-state index contributed by atoms with van der Waals surface area (Å²) in [7, 11) is 1.59. The summed E-state index contributed by atoms with van der Waals surface area (Å²) >= 11 is 0. The lowest BCUT2D eigenvalue weighted by atomic mass is 9.86. The van der Waals surface area contributed by atoms with Gasteiger partial charge in [-0.15, -0.1) is 0 Å². The second kappa shape index (κ2) is 12.0. The number of methoxy groups -OCH3 is 1. The van der Waals surface area contributed by atoms with E-state index >= 15 is 0 Å². The van der Waals surface area contributed by atoms with Crippen LogP contribution in [0.2, 0.25) is 0 Å².